The molecule has 0 radical (unpaired) electrons. The number of benzene rings is 1. The predicted octanol–water partition coefficient (Wildman–Crippen LogP) is 4.39. The van der Waals surface area contributed by atoms with Crippen LogP contribution in [-0.4, -0.2) is 48.2 Å². The third-order valence-corrected chi connectivity index (χ3v) is 7.90. The first-order valence-corrected chi connectivity index (χ1v) is 13.1. The van der Waals surface area contributed by atoms with E-state index in [-0.39, 0.29) is 10.8 Å². The Hall–Kier alpha value is -2.84. The highest BCUT2D eigenvalue weighted by Gasteiger charge is 2.26. The molecule has 33 heavy (non-hydrogen) atoms. The summed E-state index contributed by atoms with van der Waals surface area (Å²) in [7, 11) is -3.64. The molecule has 7 nitrogen and oxygen atoms in total. The van der Waals surface area contributed by atoms with Crippen molar-refractivity contribution in [1.29, 1.82) is 0 Å². The second-order valence-electron chi connectivity index (χ2n) is 8.40. The van der Waals surface area contributed by atoms with E-state index in [1.165, 1.54) is 0 Å². The molecular weight excluding hydrogens is 436 g/mol. The molecule has 174 valence electrons. The first kappa shape index (κ1) is 23.3. The molecule has 1 aromatic carbocycles. The van der Waals surface area contributed by atoms with Gasteiger partial charge in [-0.05, 0) is 55.7 Å². The van der Waals surface area contributed by atoms with Crippen LogP contribution in [0.15, 0.2) is 53.7 Å². The summed E-state index contributed by atoms with van der Waals surface area (Å²) in [6, 6.07) is 10.3. The van der Waals surface area contributed by atoms with Crippen molar-refractivity contribution >= 4 is 26.8 Å². The molecule has 2 aromatic heterocycles. The van der Waals surface area contributed by atoms with Gasteiger partial charge in [-0.2, -0.15) is 4.31 Å². The molecule has 1 aliphatic heterocycles. The average Bonchev–Trinajstić information content (AvgIpc) is 3.14. The zero-order chi connectivity index (χ0) is 23.3. The number of hydrogen-bond acceptors (Lipinski definition) is 5. The quantitative estimate of drug-likeness (QED) is 0.521. The Bertz CT molecular complexity index is 1220. The molecule has 0 unspecified atom stereocenters. The predicted molar refractivity (Wildman–Crippen MR) is 129 cm³/mol. The number of pyridine rings is 2. The van der Waals surface area contributed by atoms with Gasteiger partial charge in [-0.15, -0.1) is 0 Å². The minimum atomic E-state index is -3.64. The van der Waals surface area contributed by atoms with Crippen molar-refractivity contribution in [1.82, 2.24) is 19.6 Å². The molecule has 1 N–H and O–H groups in total. The number of carbonyl (C=O) groups is 1. The molecule has 0 atom stereocenters. The lowest BCUT2D eigenvalue weighted by atomic mass is 10.0. The van der Waals surface area contributed by atoms with Gasteiger partial charge in [0.05, 0.1) is 21.7 Å². The normalized spacial score (nSPS) is 15.3. The third kappa shape index (κ3) is 5.23. The van der Waals surface area contributed by atoms with E-state index in [1.807, 2.05) is 12.1 Å². The Morgan fingerprint density at radius 2 is 1.88 bits per heavy atom. The Labute approximate surface area is 195 Å². The number of aromatic nitrogens is 2. The van der Waals surface area contributed by atoms with Crippen LogP contribution in [0.3, 0.4) is 0 Å². The van der Waals surface area contributed by atoms with Crippen LogP contribution < -0.4 is 5.32 Å². The van der Waals surface area contributed by atoms with Crippen LogP contribution >= 0.6 is 0 Å². The molecule has 0 saturated carbocycles. The van der Waals surface area contributed by atoms with Crippen LogP contribution in [0.25, 0.3) is 22.2 Å². The van der Waals surface area contributed by atoms with Gasteiger partial charge in [0.15, 0.2) is 0 Å². The highest BCUT2D eigenvalue weighted by Crippen LogP contribution is 2.28. The molecule has 3 aromatic rings. The molecule has 0 aliphatic carbocycles. The van der Waals surface area contributed by atoms with Crippen LogP contribution in [-0.2, 0) is 10.0 Å². The van der Waals surface area contributed by atoms with Gasteiger partial charge in [-0.25, -0.2) is 13.4 Å². The minimum absolute atomic E-state index is 0.204. The maximum atomic E-state index is 13.4. The summed E-state index contributed by atoms with van der Waals surface area (Å²) in [6.07, 6.45) is 9.06. The number of fused-ring (bicyclic) bond motifs is 1. The zero-order valence-corrected chi connectivity index (χ0v) is 19.8. The van der Waals surface area contributed by atoms with Crippen molar-refractivity contribution < 1.29 is 13.2 Å². The molecule has 1 saturated heterocycles. The van der Waals surface area contributed by atoms with Crippen molar-refractivity contribution in [2.45, 2.75) is 50.3 Å². The fraction of sp³-hybridized carbons (Fsp3) is 0.400. The number of unbranched alkanes of at least 4 members (excludes halogenated alkanes) is 1. The molecule has 4 rings (SSSR count). The number of hydrogen-bond donors (Lipinski definition) is 1. The van der Waals surface area contributed by atoms with Gasteiger partial charge in [0.25, 0.3) is 5.91 Å². The van der Waals surface area contributed by atoms with Gasteiger partial charge in [0.1, 0.15) is 0 Å². The number of carbonyl (C=O) groups excluding carboxylic acids is 1. The SMILES string of the molecule is CCCCNC(=O)c1cc(-c2cccnc2)nc2ccc(S(=O)(=O)N3CCCCCC3)cc12. The largest absolute Gasteiger partial charge is 0.352 e. The van der Waals surface area contributed by atoms with E-state index in [0.29, 0.717) is 41.8 Å². The molecule has 0 spiro atoms. The third-order valence-electron chi connectivity index (χ3n) is 6.00. The van der Waals surface area contributed by atoms with Crippen LogP contribution in [0, 0.1) is 0 Å². The summed E-state index contributed by atoms with van der Waals surface area (Å²) in [5.74, 6) is -0.231. The summed E-state index contributed by atoms with van der Waals surface area (Å²) < 4.78 is 28.3. The first-order chi connectivity index (χ1) is 16.0. The fourth-order valence-corrected chi connectivity index (χ4v) is 5.66. The summed E-state index contributed by atoms with van der Waals surface area (Å²) in [4.78, 5) is 22.2. The van der Waals surface area contributed by atoms with E-state index in [2.05, 4.69) is 17.2 Å². The van der Waals surface area contributed by atoms with E-state index in [4.69, 9.17) is 4.98 Å². The van der Waals surface area contributed by atoms with Gasteiger partial charge < -0.3 is 5.32 Å². The number of nitrogens with zero attached hydrogens (tertiary/aromatic N) is 3. The van der Waals surface area contributed by atoms with Crippen LogP contribution in [0.5, 0.6) is 0 Å². The molecule has 8 heteroatoms. The topological polar surface area (TPSA) is 92.3 Å². The zero-order valence-electron chi connectivity index (χ0n) is 19.0. The molecule has 1 amide bonds. The maximum Gasteiger partial charge on any atom is 0.252 e. The number of nitrogens with one attached hydrogen (secondary N) is 1. The van der Waals surface area contributed by atoms with E-state index in [1.54, 1.807) is 41.0 Å². The lowest BCUT2D eigenvalue weighted by Gasteiger charge is -2.20. The van der Waals surface area contributed by atoms with Gasteiger partial charge in [-0.3, -0.25) is 9.78 Å². The standard InChI is InChI=1S/C25H30N4O3S/c1-2-3-13-27-25(30)22-17-24(19-9-8-12-26-18-19)28-23-11-10-20(16-21(22)23)33(31,32)29-14-6-4-5-7-15-29/h8-12,16-18H,2-7,13-15H2,1H3,(H,27,30). The summed E-state index contributed by atoms with van der Waals surface area (Å²) in [6.45, 7) is 3.69. The van der Waals surface area contributed by atoms with Crippen LogP contribution in [0.2, 0.25) is 0 Å². The Balaban J connectivity index is 1.80. The van der Waals surface area contributed by atoms with Crippen LogP contribution in [0.4, 0.5) is 0 Å². The van der Waals surface area contributed by atoms with Crippen molar-refractivity contribution in [3.63, 3.8) is 0 Å². The second-order valence-corrected chi connectivity index (χ2v) is 10.3. The Morgan fingerprint density at radius 1 is 1.09 bits per heavy atom. The van der Waals surface area contributed by atoms with Gasteiger partial charge >= 0.3 is 0 Å². The number of amides is 1. The van der Waals surface area contributed by atoms with E-state index >= 15 is 0 Å². The Kier molecular flexibility index (Phi) is 7.35. The molecular formula is C25H30N4O3S. The maximum absolute atomic E-state index is 13.4. The van der Waals surface area contributed by atoms with Gasteiger partial charge in [0.2, 0.25) is 10.0 Å². The van der Waals surface area contributed by atoms with E-state index in [9.17, 15) is 13.2 Å². The van der Waals surface area contributed by atoms with E-state index < -0.39 is 10.0 Å². The summed E-state index contributed by atoms with van der Waals surface area (Å²) in [5.41, 5.74) is 2.41. The number of sulfonamides is 1. The monoisotopic (exact) mass is 466 g/mol. The molecule has 0 bridgehead atoms. The lowest BCUT2D eigenvalue weighted by Crippen LogP contribution is -2.32. The lowest BCUT2D eigenvalue weighted by molar-refractivity contribution is 0.0954. The fourth-order valence-electron chi connectivity index (χ4n) is 4.12. The first-order valence-electron chi connectivity index (χ1n) is 11.6. The van der Waals surface area contributed by atoms with Crippen molar-refractivity contribution in [2.24, 2.45) is 0 Å². The highest BCUT2D eigenvalue weighted by atomic mass is 32.2. The smallest absolute Gasteiger partial charge is 0.252 e. The second kappa shape index (κ2) is 10.4. The summed E-state index contributed by atoms with van der Waals surface area (Å²) >= 11 is 0. The molecule has 1 aliphatic rings. The van der Waals surface area contributed by atoms with Crippen molar-refractivity contribution in [3.05, 3.63) is 54.4 Å². The van der Waals surface area contributed by atoms with Gasteiger partial charge in [0, 0.05) is 43.0 Å². The van der Waals surface area contributed by atoms with Gasteiger partial charge in [-0.1, -0.05) is 26.2 Å². The van der Waals surface area contributed by atoms with E-state index in [0.717, 1.165) is 44.1 Å². The van der Waals surface area contributed by atoms with Crippen molar-refractivity contribution in [3.8, 4) is 11.3 Å². The summed E-state index contributed by atoms with van der Waals surface area (Å²) in [5, 5.41) is 3.49. The minimum Gasteiger partial charge on any atom is -0.352 e. The average molecular weight is 467 g/mol. The van der Waals surface area contributed by atoms with Crippen LogP contribution in [0.1, 0.15) is 55.8 Å². The molecule has 1 fully saturated rings. The highest BCUT2D eigenvalue weighted by molar-refractivity contribution is 7.89. The Morgan fingerprint density at radius 3 is 2.58 bits per heavy atom. The molecule has 3 heterocycles. The number of rotatable bonds is 7. The van der Waals surface area contributed by atoms with Crippen molar-refractivity contribution in [2.75, 3.05) is 19.6 Å².